The van der Waals surface area contributed by atoms with Crippen LogP contribution in [0.3, 0.4) is 0 Å². The average Bonchev–Trinajstić information content (AvgIpc) is 3.32. The number of unbranched alkanes of at least 4 members (excludes halogenated alkanes) is 45. The molecule has 1 radical (unpaired) electrons. The second kappa shape index (κ2) is 54.6. The summed E-state index contributed by atoms with van der Waals surface area (Å²) in [7, 11) is 0. The molecule has 0 unspecified atom stereocenters. The van der Waals surface area contributed by atoms with Crippen molar-refractivity contribution in [1.29, 1.82) is 0 Å². The molecule has 0 atom stereocenters. The Morgan fingerprint density at radius 1 is 0.273 bits per heavy atom. The van der Waals surface area contributed by atoms with Gasteiger partial charge < -0.3 is 0 Å². The molecule has 1 rings (SSSR count). The highest BCUT2D eigenvalue weighted by molar-refractivity contribution is 8.03. The third-order valence-corrected chi connectivity index (χ3v) is 18.0. The zero-order chi connectivity index (χ0) is 47.3. The molecule has 3 heteroatoms. The number of aryl methyl sites for hydroxylation is 1. The van der Waals surface area contributed by atoms with Crippen molar-refractivity contribution in [1.82, 2.24) is 0 Å². The molecule has 66 heavy (non-hydrogen) atoms. The predicted octanol–water partition coefficient (Wildman–Crippen LogP) is 24.5. The van der Waals surface area contributed by atoms with E-state index in [1.165, 1.54) is 331 Å². The van der Waals surface area contributed by atoms with Gasteiger partial charge >= 0.3 is 0 Å². The van der Waals surface area contributed by atoms with Gasteiger partial charge in [0.1, 0.15) is 0 Å². The lowest BCUT2D eigenvalue weighted by Gasteiger charge is -2.17. The van der Waals surface area contributed by atoms with Crippen molar-refractivity contribution in [3.8, 4) is 0 Å². The van der Waals surface area contributed by atoms with Gasteiger partial charge in [0.15, 0.2) is 0 Å². The van der Waals surface area contributed by atoms with Gasteiger partial charge in [-0.15, -0.1) is 35.3 Å². The molecule has 0 saturated carbocycles. The van der Waals surface area contributed by atoms with E-state index < -0.39 is 0 Å². The van der Waals surface area contributed by atoms with Crippen LogP contribution in [0.4, 0.5) is 0 Å². The van der Waals surface area contributed by atoms with Gasteiger partial charge in [0.2, 0.25) is 0 Å². The van der Waals surface area contributed by atoms with Gasteiger partial charge in [0, 0.05) is 14.7 Å². The van der Waals surface area contributed by atoms with Crippen LogP contribution in [-0.2, 0) is 6.42 Å². The zero-order valence-electron chi connectivity index (χ0n) is 45.6. The molecule has 0 aromatic heterocycles. The first-order valence-corrected chi connectivity index (χ1v) is 33.6. The Morgan fingerprint density at radius 2 is 0.470 bits per heavy atom. The summed E-state index contributed by atoms with van der Waals surface area (Å²) in [6.45, 7) is 11.2. The molecule has 1 aromatic rings. The molecule has 0 aliphatic rings. The highest BCUT2D eigenvalue weighted by Gasteiger charge is 2.14. The van der Waals surface area contributed by atoms with Crippen LogP contribution in [0.2, 0.25) is 0 Å². The minimum Gasteiger partial charge on any atom is -0.125 e. The molecule has 0 fully saturated rings. The quantitative estimate of drug-likeness (QED) is 0.0472. The Hall–Kier alpha value is 0.270. The summed E-state index contributed by atoms with van der Waals surface area (Å²) >= 11 is 6.58. The van der Waals surface area contributed by atoms with Crippen LogP contribution < -0.4 is 0 Å². The van der Waals surface area contributed by atoms with Gasteiger partial charge in [-0.05, 0) is 67.1 Å². The lowest BCUT2D eigenvalue weighted by Crippen LogP contribution is -1.94. The van der Waals surface area contributed by atoms with Crippen molar-refractivity contribution < 1.29 is 0 Å². The molecule has 1 aromatic carbocycles. The molecule has 0 aliphatic heterocycles. The molecule has 389 valence electrons. The minimum atomic E-state index is 0.998. The first kappa shape index (κ1) is 64.3. The summed E-state index contributed by atoms with van der Waals surface area (Å²) in [5.74, 6) is 3.84. The number of thioether (sulfide) groups is 3. The van der Waals surface area contributed by atoms with E-state index in [4.69, 9.17) is 0 Å². The van der Waals surface area contributed by atoms with E-state index in [9.17, 15) is 0 Å². The Morgan fingerprint density at radius 3 is 0.682 bits per heavy atom. The summed E-state index contributed by atoms with van der Waals surface area (Å²) < 4.78 is 0. The fraction of sp³-hybridized carbons (Fsp3) is 0.889. The Kier molecular flexibility index (Phi) is 53.2. The fourth-order valence-corrected chi connectivity index (χ4v) is 13.6. The van der Waals surface area contributed by atoms with E-state index in [1.807, 2.05) is 0 Å². The van der Waals surface area contributed by atoms with Crippen LogP contribution in [0.1, 0.15) is 341 Å². The van der Waals surface area contributed by atoms with Gasteiger partial charge in [0.25, 0.3) is 0 Å². The highest BCUT2D eigenvalue weighted by atomic mass is 32.2. The van der Waals surface area contributed by atoms with E-state index in [0.29, 0.717) is 0 Å². The fourth-order valence-electron chi connectivity index (χ4n) is 9.83. The second-order valence-corrected chi connectivity index (χ2v) is 24.4. The van der Waals surface area contributed by atoms with Crippen LogP contribution in [0.25, 0.3) is 0 Å². The molecule has 0 N–H and O–H groups in total. The second-order valence-electron chi connectivity index (χ2n) is 21.0. The largest absolute Gasteiger partial charge is 0.125 e. The molecular weight excluding hydrogens is 853 g/mol. The molecular formula is C63H119S3. The molecule has 0 saturated heterocycles. The first-order valence-electron chi connectivity index (χ1n) is 30.6. The van der Waals surface area contributed by atoms with Gasteiger partial charge in [0.05, 0.1) is 0 Å². The van der Waals surface area contributed by atoms with Crippen LogP contribution in [0.15, 0.2) is 26.8 Å². The molecule has 0 bridgehead atoms. The predicted molar refractivity (Wildman–Crippen MR) is 311 cm³/mol. The first-order chi connectivity index (χ1) is 32.8. The van der Waals surface area contributed by atoms with Crippen LogP contribution >= 0.6 is 35.3 Å². The Labute approximate surface area is 431 Å². The van der Waals surface area contributed by atoms with Gasteiger partial charge in [-0.25, -0.2) is 0 Å². The van der Waals surface area contributed by atoms with Crippen molar-refractivity contribution >= 4 is 35.3 Å². The van der Waals surface area contributed by atoms with Crippen LogP contribution in [0, 0.1) is 6.92 Å². The molecule has 0 spiro atoms. The third-order valence-electron chi connectivity index (χ3n) is 14.3. The molecule has 0 heterocycles. The monoisotopic (exact) mass is 972 g/mol. The summed E-state index contributed by atoms with van der Waals surface area (Å²) in [6.07, 6.45) is 71.5. The van der Waals surface area contributed by atoms with Crippen molar-refractivity contribution in [2.75, 3.05) is 17.3 Å². The SMILES string of the molecule is [CH2]CCc1cc(SCCCCCCCCCCCCCCCCCC)c(SCCCCCCCCCCCCCCCCCC)c(SCCCCCCCCCCCCCCCCCC)c1. The maximum atomic E-state index is 4.27. The number of rotatable bonds is 56. The normalized spacial score (nSPS) is 11.7. The van der Waals surface area contributed by atoms with Crippen LogP contribution in [-0.4, -0.2) is 17.3 Å². The zero-order valence-corrected chi connectivity index (χ0v) is 48.0. The smallest absolute Gasteiger partial charge is 0.0344 e. The number of benzene rings is 1. The maximum absolute atomic E-state index is 4.27. The van der Waals surface area contributed by atoms with Gasteiger partial charge in [-0.3, -0.25) is 0 Å². The molecule has 0 amide bonds. The topological polar surface area (TPSA) is 0 Å². The maximum Gasteiger partial charge on any atom is 0.0344 e. The van der Waals surface area contributed by atoms with E-state index in [0.717, 1.165) is 12.8 Å². The highest BCUT2D eigenvalue weighted by Crippen LogP contribution is 2.41. The van der Waals surface area contributed by atoms with Crippen molar-refractivity contribution in [2.24, 2.45) is 0 Å². The summed E-state index contributed by atoms with van der Waals surface area (Å²) in [5.41, 5.74) is 1.53. The Balaban J connectivity index is 2.45. The standard InChI is InChI=1S/C63H119S3/c1-5-9-12-15-18-21-24-27-30-33-36-39-42-45-48-51-55-64-61-58-60(54-8-4)59-62(65-56-52-49-46-43-40-37-34-31-28-25-22-19-16-13-10-6-2)63(61)66-57-53-50-47-44-41-38-35-32-29-26-23-20-17-14-11-7-3/h58-59H,4-57H2,1-3H3. The van der Waals surface area contributed by atoms with E-state index in [2.05, 4.69) is 75.1 Å². The number of hydrogen-bond donors (Lipinski definition) is 0. The molecule has 0 aliphatic carbocycles. The van der Waals surface area contributed by atoms with Crippen molar-refractivity contribution in [2.45, 2.75) is 356 Å². The summed E-state index contributed by atoms with van der Waals surface area (Å²) in [6, 6.07) is 5.16. The van der Waals surface area contributed by atoms with E-state index in [1.54, 1.807) is 14.7 Å². The summed E-state index contributed by atoms with van der Waals surface area (Å²) in [4.78, 5) is 4.82. The average molecular weight is 973 g/mol. The van der Waals surface area contributed by atoms with Crippen molar-refractivity contribution in [3.05, 3.63) is 24.6 Å². The molecule has 0 nitrogen and oxygen atoms in total. The lowest BCUT2D eigenvalue weighted by molar-refractivity contribution is 0.531. The van der Waals surface area contributed by atoms with E-state index >= 15 is 0 Å². The van der Waals surface area contributed by atoms with Crippen molar-refractivity contribution in [3.63, 3.8) is 0 Å². The van der Waals surface area contributed by atoms with Crippen LogP contribution in [0.5, 0.6) is 0 Å². The Bertz CT molecular complexity index is 1010. The van der Waals surface area contributed by atoms with E-state index in [-0.39, 0.29) is 0 Å². The lowest BCUT2D eigenvalue weighted by atomic mass is 10.0. The number of hydrogen-bond acceptors (Lipinski definition) is 3. The summed E-state index contributed by atoms with van der Waals surface area (Å²) in [5, 5.41) is 0. The van der Waals surface area contributed by atoms with Gasteiger partial charge in [-0.2, -0.15) is 0 Å². The van der Waals surface area contributed by atoms with Gasteiger partial charge in [-0.1, -0.05) is 317 Å². The minimum absolute atomic E-state index is 0.998. The third kappa shape index (κ3) is 44.2.